The van der Waals surface area contributed by atoms with E-state index in [2.05, 4.69) is 10.6 Å². The SMILES string of the molecule is O=C1CCCc2cc(C(=O)NC34CC5CC(CC(C5)C3)C4)ccc2N1. The van der Waals surface area contributed by atoms with Gasteiger partial charge in [0, 0.05) is 23.2 Å². The lowest BCUT2D eigenvalue weighted by molar-refractivity contribution is -0.116. The number of benzene rings is 1. The highest BCUT2D eigenvalue weighted by Crippen LogP contribution is 2.55. The Labute approximate surface area is 148 Å². The van der Waals surface area contributed by atoms with Gasteiger partial charge in [-0.15, -0.1) is 0 Å². The molecule has 1 aromatic carbocycles. The van der Waals surface area contributed by atoms with Crippen molar-refractivity contribution in [2.45, 2.75) is 63.3 Å². The second kappa shape index (κ2) is 5.58. The smallest absolute Gasteiger partial charge is 0.251 e. The summed E-state index contributed by atoms with van der Waals surface area (Å²) in [4.78, 5) is 24.7. The van der Waals surface area contributed by atoms with Crippen LogP contribution in [0.4, 0.5) is 5.69 Å². The van der Waals surface area contributed by atoms with Gasteiger partial charge in [0.1, 0.15) is 0 Å². The Morgan fingerprint density at radius 2 is 1.72 bits per heavy atom. The Morgan fingerprint density at radius 3 is 2.40 bits per heavy atom. The van der Waals surface area contributed by atoms with E-state index in [9.17, 15) is 9.59 Å². The molecule has 0 saturated heterocycles. The lowest BCUT2D eigenvalue weighted by atomic mass is 9.53. The highest BCUT2D eigenvalue weighted by atomic mass is 16.2. The molecular formula is C21H26N2O2. The van der Waals surface area contributed by atoms with Crippen molar-refractivity contribution in [2.75, 3.05) is 5.32 Å². The fraction of sp³-hybridized carbons (Fsp3) is 0.619. The molecule has 2 amide bonds. The Bertz CT molecular complexity index is 704. The normalized spacial score (nSPS) is 35.7. The van der Waals surface area contributed by atoms with Crippen molar-refractivity contribution in [1.29, 1.82) is 0 Å². The average Bonchev–Trinajstić information content (AvgIpc) is 2.72. The molecule has 0 radical (unpaired) electrons. The molecule has 0 aromatic heterocycles. The summed E-state index contributed by atoms with van der Waals surface area (Å²) < 4.78 is 0. The summed E-state index contributed by atoms with van der Waals surface area (Å²) >= 11 is 0. The van der Waals surface area contributed by atoms with E-state index >= 15 is 0 Å². The number of carbonyl (C=O) groups is 2. The first kappa shape index (κ1) is 15.4. The van der Waals surface area contributed by atoms with Crippen LogP contribution in [0.5, 0.6) is 0 Å². The number of nitrogens with one attached hydrogen (secondary N) is 2. The van der Waals surface area contributed by atoms with Crippen molar-refractivity contribution in [3.63, 3.8) is 0 Å². The molecule has 2 N–H and O–H groups in total. The first-order valence-corrected chi connectivity index (χ1v) is 9.84. The van der Waals surface area contributed by atoms with Crippen LogP contribution in [0.3, 0.4) is 0 Å². The Kier molecular flexibility index (Phi) is 3.44. The van der Waals surface area contributed by atoms with Gasteiger partial charge in [-0.3, -0.25) is 9.59 Å². The number of anilines is 1. The number of hydrogen-bond acceptors (Lipinski definition) is 2. The third-order valence-electron chi connectivity index (χ3n) is 6.91. The Balaban J connectivity index is 1.36. The van der Waals surface area contributed by atoms with Gasteiger partial charge in [-0.25, -0.2) is 0 Å². The van der Waals surface area contributed by atoms with Gasteiger partial charge in [0.15, 0.2) is 0 Å². The van der Waals surface area contributed by atoms with Crippen molar-refractivity contribution >= 4 is 17.5 Å². The molecule has 4 bridgehead atoms. The summed E-state index contributed by atoms with van der Waals surface area (Å²) in [6.07, 6.45) is 9.92. The minimum atomic E-state index is 0.0485. The molecular weight excluding hydrogens is 312 g/mol. The summed E-state index contributed by atoms with van der Waals surface area (Å²) in [6.45, 7) is 0. The van der Waals surface area contributed by atoms with E-state index in [0.717, 1.165) is 47.4 Å². The van der Waals surface area contributed by atoms with Crippen molar-refractivity contribution in [3.8, 4) is 0 Å². The fourth-order valence-corrected chi connectivity index (χ4v) is 6.29. The van der Waals surface area contributed by atoms with Crippen molar-refractivity contribution in [2.24, 2.45) is 17.8 Å². The number of aryl methyl sites for hydroxylation is 1. The van der Waals surface area contributed by atoms with E-state index in [1.54, 1.807) is 0 Å². The summed E-state index contributed by atoms with van der Waals surface area (Å²) in [5.41, 5.74) is 2.75. The zero-order valence-electron chi connectivity index (χ0n) is 14.6. The van der Waals surface area contributed by atoms with Crippen LogP contribution in [0.15, 0.2) is 18.2 Å². The van der Waals surface area contributed by atoms with Gasteiger partial charge in [0.25, 0.3) is 5.91 Å². The van der Waals surface area contributed by atoms with Gasteiger partial charge in [-0.1, -0.05) is 0 Å². The Morgan fingerprint density at radius 1 is 1.04 bits per heavy atom. The predicted octanol–water partition coefficient (Wildman–Crippen LogP) is 3.66. The maximum absolute atomic E-state index is 13.0. The molecule has 1 aromatic rings. The van der Waals surface area contributed by atoms with Crippen molar-refractivity contribution < 1.29 is 9.59 Å². The van der Waals surface area contributed by atoms with Gasteiger partial charge in [0.2, 0.25) is 5.91 Å². The molecule has 132 valence electrons. The average molecular weight is 338 g/mol. The van der Waals surface area contributed by atoms with Crippen LogP contribution in [-0.2, 0) is 11.2 Å². The quantitative estimate of drug-likeness (QED) is 0.864. The van der Waals surface area contributed by atoms with Crippen LogP contribution in [-0.4, -0.2) is 17.4 Å². The van der Waals surface area contributed by atoms with Gasteiger partial charge in [0.05, 0.1) is 0 Å². The molecule has 0 atom stereocenters. The lowest BCUT2D eigenvalue weighted by Crippen LogP contribution is -2.59. The molecule has 0 spiro atoms. The van der Waals surface area contributed by atoms with E-state index in [-0.39, 0.29) is 17.4 Å². The third-order valence-corrected chi connectivity index (χ3v) is 6.91. The molecule has 0 unspecified atom stereocenters. The number of hydrogen-bond donors (Lipinski definition) is 2. The summed E-state index contributed by atoms with van der Waals surface area (Å²) in [6, 6.07) is 5.74. The van der Waals surface area contributed by atoms with E-state index in [0.29, 0.717) is 6.42 Å². The molecule has 4 fully saturated rings. The number of carbonyl (C=O) groups excluding carboxylic acids is 2. The topological polar surface area (TPSA) is 58.2 Å². The highest BCUT2D eigenvalue weighted by molar-refractivity contribution is 5.97. The molecule has 4 heteroatoms. The standard InChI is InChI=1S/C21H26N2O2/c24-19-3-1-2-16-9-17(4-5-18(16)22-19)20(25)23-21-10-13-6-14(11-21)8-15(7-13)12-21/h4-5,9,13-15H,1-3,6-8,10-12H2,(H,22,24)(H,23,25). The van der Waals surface area contributed by atoms with Crippen LogP contribution in [0.1, 0.15) is 67.3 Å². The van der Waals surface area contributed by atoms with Crippen LogP contribution in [0.25, 0.3) is 0 Å². The fourth-order valence-electron chi connectivity index (χ4n) is 6.29. The summed E-state index contributed by atoms with van der Waals surface area (Å²) in [7, 11) is 0. The zero-order chi connectivity index (χ0) is 17.0. The second-order valence-corrected chi connectivity index (χ2v) is 8.93. The van der Waals surface area contributed by atoms with Crippen molar-refractivity contribution in [1.82, 2.24) is 5.32 Å². The van der Waals surface area contributed by atoms with Gasteiger partial charge >= 0.3 is 0 Å². The van der Waals surface area contributed by atoms with E-state index < -0.39 is 0 Å². The highest BCUT2D eigenvalue weighted by Gasteiger charge is 2.51. The van der Waals surface area contributed by atoms with Crippen molar-refractivity contribution in [3.05, 3.63) is 29.3 Å². The Hall–Kier alpha value is -1.84. The second-order valence-electron chi connectivity index (χ2n) is 8.93. The molecule has 5 aliphatic rings. The molecule has 6 rings (SSSR count). The summed E-state index contributed by atoms with van der Waals surface area (Å²) in [5, 5.41) is 6.39. The molecule has 1 aliphatic heterocycles. The van der Waals surface area contributed by atoms with Gasteiger partial charge < -0.3 is 10.6 Å². The molecule has 4 nitrogen and oxygen atoms in total. The maximum atomic E-state index is 13.0. The third kappa shape index (κ3) is 2.76. The minimum absolute atomic E-state index is 0.0485. The summed E-state index contributed by atoms with van der Waals surface area (Å²) in [5.74, 6) is 2.63. The van der Waals surface area contributed by atoms with Crippen LogP contribution >= 0.6 is 0 Å². The lowest BCUT2D eigenvalue weighted by Gasteiger charge is -2.56. The first-order valence-electron chi connectivity index (χ1n) is 9.84. The molecule has 4 aliphatic carbocycles. The molecule has 1 heterocycles. The van der Waals surface area contributed by atoms with E-state index in [1.165, 1.54) is 38.5 Å². The number of rotatable bonds is 2. The first-order chi connectivity index (χ1) is 12.1. The number of fused-ring (bicyclic) bond motifs is 1. The van der Waals surface area contributed by atoms with E-state index in [4.69, 9.17) is 0 Å². The monoisotopic (exact) mass is 338 g/mol. The largest absolute Gasteiger partial charge is 0.347 e. The maximum Gasteiger partial charge on any atom is 0.251 e. The van der Waals surface area contributed by atoms with Gasteiger partial charge in [-0.2, -0.15) is 0 Å². The van der Waals surface area contributed by atoms with Crippen LogP contribution < -0.4 is 10.6 Å². The minimum Gasteiger partial charge on any atom is -0.347 e. The van der Waals surface area contributed by atoms with Crippen LogP contribution in [0.2, 0.25) is 0 Å². The molecule has 4 saturated carbocycles. The molecule has 25 heavy (non-hydrogen) atoms. The predicted molar refractivity (Wildman–Crippen MR) is 96.4 cm³/mol. The van der Waals surface area contributed by atoms with Gasteiger partial charge in [-0.05, 0) is 92.9 Å². The number of amides is 2. The zero-order valence-corrected chi connectivity index (χ0v) is 14.6. The van der Waals surface area contributed by atoms with Crippen LogP contribution in [0, 0.1) is 17.8 Å². The van der Waals surface area contributed by atoms with E-state index in [1.807, 2.05) is 18.2 Å².